The highest BCUT2D eigenvalue weighted by molar-refractivity contribution is 4.66. The number of rotatable bonds is 7. The molecule has 0 rings (SSSR count). The van der Waals surface area contributed by atoms with E-state index in [1.807, 2.05) is 0 Å². The van der Waals surface area contributed by atoms with Gasteiger partial charge in [0, 0.05) is 25.7 Å². The molecule has 0 heterocycles. The van der Waals surface area contributed by atoms with Crippen molar-refractivity contribution in [3.05, 3.63) is 0 Å². The van der Waals surface area contributed by atoms with Gasteiger partial charge in [-0.2, -0.15) is 0 Å². The third-order valence-electron chi connectivity index (χ3n) is 2.34. The molecule has 0 bridgehead atoms. The van der Waals surface area contributed by atoms with Gasteiger partial charge in [0.1, 0.15) is 0 Å². The van der Waals surface area contributed by atoms with Gasteiger partial charge in [0.15, 0.2) is 0 Å². The minimum atomic E-state index is 0.625. The summed E-state index contributed by atoms with van der Waals surface area (Å²) < 4.78 is 0. The average Bonchev–Trinajstić information content (AvgIpc) is 2.10. The molecule has 0 radical (unpaired) electrons. The molecule has 3 nitrogen and oxygen atoms in total. The first-order valence-corrected chi connectivity index (χ1v) is 5.13. The molecule has 0 saturated heterocycles. The van der Waals surface area contributed by atoms with Crippen molar-refractivity contribution in [3.63, 3.8) is 0 Å². The zero-order valence-corrected chi connectivity index (χ0v) is 9.80. The zero-order chi connectivity index (χ0) is 10.3. The molecule has 0 aromatic heterocycles. The first kappa shape index (κ1) is 12.9. The van der Waals surface area contributed by atoms with Crippen LogP contribution in [0, 0.1) is 0 Å². The van der Waals surface area contributed by atoms with E-state index >= 15 is 0 Å². The molecule has 0 aliphatic carbocycles. The maximum Gasteiger partial charge on any atom is 0.0189 e. The van der Waals surface area contributed by atoms with E-state index in [0.29, 0.717) is 6.04 Å². The Bertz CT molecular complexity index is 115. The van der Waals surface area contributed by atoms with Gasteiger partial charge in [0.05, 0.1) is 0 Å². The molecule has 1 N–H and O–H groups in total. The molecule has 1 unspecified atom stereocenters. The Kier molecular flexibility index (Phi) is 7.23. The Morgan fingerprint density at radius 3 is 2.23 bits per heavy atom. The van der Waals surface area contributed by atoms with Crippen molar-refractivity contribution in [2.45, 2.75) is 19.9 Å². The Labute approximate surface area is 83.1 Å². The predicted octanol–water partition coefficient (Wildman–Crippen LogP) is 0.478. The van der Waals surface area contributed by atoms with E-state index in [4.69, 9.17) is 0 Å². The van der Waals surface area contributed by atoms with Crippen LogP contribution >= 0.6 is 0 Å². The first-order chi connectivity index (χ1) is 6.07. The normalized spacial score (nSPS) is 14.1. The lowest BCUT2D eigenvalue weighted by Gasteiger charge is -2.26. The van der Waals surface area contributed by atoms with E-state index in [-0.39, 0.29) is 0 Å². The summed E-state index contributed by atoms with van der Waals surface area (Å²) in [6.45, 7) is 8.82. The van der Waals surface area contributed by atoms with Crippen molar-refractivity contribution in [2.75, 3.05) is 47.3 Å². The SMILES string of the molecule is CCNCC(C)N(C)CCN(C)C. The lowest BCUT2D eigenvalue weighted by Crippen LogP contribution is -2.40. The van der Waals surface area contributed by atoms with E-state index in [9.17, 15) is 0 Å². The van der Waals surface area contributed by atoms with Crippen LogP contribution in [0.3, 0.4) is 0 Å². The molecule has 0 amide bonds. The third kappa shape index (κ3) is 6.99. The molecule has 0 aromatic rings. The molecule has 0 aromatic carbocycles. The van der Waals surface area contributed by atoms with Gasteiger partial charge in [-0.3, -0.25) is 0 Å². The zero-order valence-electron chi connectivity index (χ0n) is 9.80. The van der Waals surface area contributed by atoms with Crippen LogP contribution in [0.5, 0.6) is 0 Å². The van der Waals surface area contributed by atoms with Crippen molar-refractivity contribution in [2.24, 2.45) is 0 Å². The second-order valence-electron chi connectivity index (χ2n) is 3.94. The fourth-order valence-electron chi connectivity index (χ4n) is 1.09. The molecule has 0 fully saturated rings. The van der Waals surface area contributed by atoms with E-state index in [2.05, 4.69) is 50.1 Å². The van der Waals surface area contributed by atoms with Crippen molar-refractivity contribution < 1.29 is 0 Å². The fourth-order valence-corrected chi connectivity index (χ4v) is 1.09. The summed E-state index contributed by atoms with van der Waals surface area (Å²) in [5.74, 6) is 0. The minimum absolute atomic E-state index is 0.625. The second-order valence-corrected chi connectivity index (χ2v) is 3.94. The number of nitrogens with zero attached hydrogens (tertiary/aromatic N) is 2. The van der Waals surface area contributed by atoms with E-state index in [1.54, 1.807) is 0 Å². The predicted molar refractivity (Wildman–Crippen MR) is 59.2 cm³/mol. The average molecular weight is 187 g/mol. The van der Waals surface area contributed by atoms with E-state index in [0.717, 1.165) is 26.2 Å². The summed E-state index contributed by atoms with van der Waals surface area (Å²) in [7, 11) is 6.41. The van der Waals surface area contributed by atoms with E-state index < -0.39 is 0 Å². The monoisotopic (exact) mass is 187 g/mol. The molecule has 0 aliphatic heterocycles. The first-order valence-electron chi connectivity index (χ1n) is 5.13. The quantitative estimate of drug-likeness (QED) is 0.625. The highest BCUT2D eigenvalue weighted by atomic mass is 15.2. The second kappa shape index (κ2) is 7.30. The molecular weight excluding hydrogens is 162 g/mol. The smallest absolute Gasteiger partial charge is 0.0189 e. The summed E-state index contributed by atoms with van der Waals surface area (Å²) in [6.07, 6.45) is 0. The maximum absolute atomic E-state index is 3.36. The summed E-state index contributed by atoms with van der Waals surface area (Å²) >= 11 is 0. The summed E-state index contributed by atoms with van der Waals surface area (Å²) in [4.78, 5) is 4.61. The molecule has 80 valence electrons. The van der Waals surface area contributed by atoms with Crippen LogP contribution in [0.25, 0.3) is 0 Å². The molecule has 0 spiro atoms. The molecule has 13 heavy (non-hydrogen) atoms. The topological polar surface area (TPSA) is 18.5 Å². The van der Waals surface area contributed by atoms with Crippen LogP contribution in [0.1, 0.15) is 13.8 Å². The lowest BCUT2D eigenvalue weighted by molar-refractivity contribution is 0.225. The Hall–Kier alpha value is -0.120. The van der Waals surface area contributed by atoms with Gasteiger partial charge >= 0.3 is 0 Å². The summed E-state index contributed by atoms with van der Waals surface area (Å²) in [5.41, 5.74) is 0. The van der Waals surface area contributed by atoms with Gasteiger partial charge in [-0.1, -0.05) is 6.92 Å². The van der Waals surface area contributed by atoms with E-state index in [1.165, 1.54) is 0 Å². The lowest BCUT2D eigenvalue weighted by atomic mass is 10.3. The van der Waals surface area contributed by atoms with Crippen LogP contribution in [-0.2, 0) is 0 Å². The fraction of sp³-hybridized carbons (Fsp3) is 1.00. The Morgan fingerprint density at radius 1 is 1.15 bits per heavy atom. The molecular formula is C10H25N3. The minimum Gasteiger partial charge on any atom is -0.315 e. The molecule has 0 saturated carbocycles. The molecule has 0 aliphatic rings. The van der Waals surface area contributed by atoms with Gasteiger partial charge in [-0.15, -0.1) is 0 Å². The van der Waals surface area contributed by atoms with Gasteiger partial charge in [0.25, 0.3) is 0 Å². The van der Waals surface area contributed by atoms with Crippen molar-refractivity contribution in [3.8, 4) is 0 Å². The van der Waals surface area contributed by atoms with Crippen LogP contribution in [0.15, 0.2) is 0 Å². The standard InChI is InChI=1S/C10H25N3/c1-6-11-9-10(2)13(5)8-7-12(3)4/h10-11H,6-9H2,1-5H3. The van der Waals surface area contributed by atoms with Crippen molar-refractivity contribution in [1.82, 2.24) is 15.1 Å². The Balaban J connectivity index is 3.50. The van der Waals surface area contributed by atoms with Crippen LogP contribution in [0.4, 0.5) is 0 Å². The maximum atomic E-state index is 3.36. The Morgan fingerprint density at radius 2 is 1.77 bits per heavy atom. The number of likely N-dealkylation sites (N-methyl/N-ethyl adjacent to an activating group) is 3. The van der Waals surface area contributed by atoms with Gasteiger partial charge < -0.3 is 15.1 Å². The van der Waals surface area contributed by atoms with Crippen molar-refractivity contribution >= 4 is 0 Å². The van der Waals surface area contributed by atoms with Crippen LogP contribution in [-0.4, -0.2) is 63.2 Å². The summed E-state index contributed by atoms with van der Waals surface area (Å²) in [6, 6.07) is 0.625. The van der Waals surface area contributed by atoms with Gasteiger partial charge in [-0.05, 0) is 34.6 Å². The highest BCUT2D eigenvalue weighted by Crippen LogP contribution is 1.93. The van der Waals surface area contributed by atoms with Crippen LogP contribution < -0.4 is 5.32 Å². The number of hydrogen-bond donors (Lipinski definition) is 1. The highest BCUT2D eigenvalue weighted by Gasteiger charge is 2.07. The van der Waals surface area contributed by atoms with Crippen molar-refractivity contribution in [1.29, 1.82) is 0 Å². The number of hydrogen-bond acceptors (Lipinski definition) is 3. The molecule has 1 atom stereocenters. The summed E-state index contributed by atoms with van der Waals surface area (Å²) in [5, 5.41) is 3.36. The van der Waals surface area contributed by atoms with Gasteiger partial charge in [-0.25, -0.2) is 0 Å². The third-order valence-corrected chi connectivity index (χ3v) is 2.34. The van der Waals surface area contributed by atoms with Gasteiger partial charge in [0.2, 0.25) is 0 Å². The van der Waals surface area contributed by atoms with Crippen LogP contribution in [0.2, 0.25) is 0 Å². The molecule has 3 heteroatoms. The number of nitrogens with one attached hydrogen (secondary N) is 1. The largest absolute Gasteiger partial charge is 0.315 e.